The number of carboxylic acids is 1. The minimum atomic E-state index is -5.70. The van der Waals surface area contributed by atoms with Crippen molar-refractivity contribution in [3.05, 3.63) is 27.3 Å². The molecule has 0 aliphatic carbocycles. The van der Waals surface area contributed by atoms with Crippen LogP contribution in [0.2, 0.25) is 0 Å². The molecule has 1 aromatic carbocycles. The molecule has 0 bridgehead atoms. The Hall–Kier alpha value is -1.92. The lowest BCUT2D eigenvalue weighted by Crippen LogP contribution is -2.53. The summed E-state index contributed by atoms with van der Waals surface area (Å²) in [6, 6.07) is 3.31. The molecule has 0 aliphatic heterocycles. The SMILES string of the molecule is CC(C)(C)OC(=O)c1cc(I)ccc1OC(=O)C(F)(F)C(F)(F)C(=O)O. The van der Waals surface area contributed by atoms with E-state index in [4.69, 9.17) is 9.84 Å². The lowest BCUT2D eigenvalue weighted by Gasteiger charge is -2.22. The Morgan fingerprint density at radius 2 is 1.58 bits per heavy atom. The summed E-state index contributed by atoms with van der Waals surface area (Å²) in [6.45, 7) is 4.56. The first-order chi connectivity index (χ1) is 11.6. The molecule has 0 aliphatic rings. The van der Waals surface area contributed by atoms with Gasteiger partial charge in [-0.15, -0.1) is 0 Å². The maximum atomic E-state index is 13.5. The molecule has 6 nitrogen and oxygen atoms in total. The monoisotopic (exact) mass is 492 g/mol. The van der Waals surface area contributed by atoms with Crippen molar-refractivity contribution in [2.75, 3.05) is 0 Å². The van der Waals surface area contributed by atoms with E-state index < -0.39 is 46.7 Å². The summed E-state index contributed by atoms with van der Waals surface area (Å²) < 4.78 is 62.8. The maximum absolute atomic E-state index is 13.5. The van der Waals surface area contributed by atoms with Gasteiger partial charge in [-0.25, -0.2) is 14.4 Å². The lowest BCUT2D eigenvalue weighted by atomic mass is 10.1. The topological polar surface area (TPSA) is 89.9 Å². The van der Waals surface area contributed by atoms with Gasteiger partial charge in [-0.2, -0.15) is 17.6 Å². The first-order valence-corrected chi connectivity index (χ1v) is 7.91. The van der Waals surface area contributed by atoms with Crippen LogP contribution in [0.1, 0.15) is 31.1 Å². The predicted molar refractivity (Wildman–Crippen MR) is 87.5 cm³/mol. The van der Waals surface area contributed by atoms with Crippen molar-refractivity contribution >= 4 is 40.5 Å². The van der Waals surface area contributed by atoms with Gasteiger partial charge in [0.1, 0.15) is 16.9 Å². The summed E-state index contributed by atoms with van der Waals surface area (Å²) in [7, 11) is 0. The quantitative estimate of drug-likeness (QED) is 0.293. The van der Waals surface area contributed by atoms with Gasteiger partial charge in [-0.1, -0.05) is 0 Å². The Kier molecular flexibility index (Phi) is 6.27. The van der Waals surface area contributed by atoms with Crippen LogP contribution in [0.4, 0.5) is 17.6 Å². The molecular weight excluding hydrogens is 479 g/mol. The normalized spacial score (nSPS) is 12.5. The van der Waals surface area contributed by atoms with Crippen LogP contribution in [0.15, 0.2) is 18.2 Å². The van der Waals surface area contributed by atoms with Crippen LogP contribution in [-0.4, -0.2) is 40.5 Å². The molecule has 1 aromatic rings. The zero-order valence-corrected chi connectivity index (χ0v) is 15.8. The van der Waals surface area contributed by atoms with E-state index in [1.165, 1.54) is 26.8 Å². The van der Waals surface area contributed by atoms with Gasteiger partial charge in [-0.3, -0.25) is 0 Å². The molecule has 0 amide bonds. The van der Waals surface area contributed by atoms with Gasteiger partial charge in [0.25, 0.3) is 0 Å². The zero-order chi connectivity index (χ0) is 20.5. The molecule has 0 radical (unpaired) electrons. The molecule has 0 spiro atoms. The van der Waals surface area contributed by atoms with E-state index in [1.54, 1.807) is 22.6 Å². The van der Waals surface area contributed by atoms with E-state index >= 15 is 0 Å². The van der Waals surface area contributed by atoms with Crippen molar-refractivity contribution in [3.8, 4) is 5.75 Å². The molecule has 0 heterocycles. The largest absolute Gasteiger partial charge is 0.477 e. The van der Waals surface area contributed by atoms with E-state index in [9.17, 15) is 31.9 Å². The predicted octanol–water partition coefficient (Wildman–Crippen LogP) is 3.51. The molecule has 11 heteroatoms. The standard InChI is InChI=1S/C15H13F4IO6/c1-13(2,3)26-10(21)8-6-7(20)4-5-9(8)25-12(24)15(18,19)14(16,17)11(22)23/h4-6H,1-3H3,(H,22,23). The number of rotatable bonds is 5. The first kappa shape index (κ1) is 22.1. The Bertz CT molecular complexity index is 742. The summed E-state index contributed by atoms with van der Waals surface area (Å²) in [5.41, 5.74) is -1.44. The molecule has 0 saturated carbocycles. The molecule has 144 valence electrons. The molecule has 0 atom stereocenters. The van der Waals surface area contributed by atoms with E-state index in [0.29, 0.717) is 3.57 Å². The van der Waals surface area contributed by atoms with Crippen molar-refractivity contribution in [1.82, 2.24) is 0 Å². The smallest absolute Gasteiger partial charge is 0.416 e. The average Bonchev–Trinajstić information content (AvgIpc) is 2.46. The number of carboxylic acid groups (broad SMARTS) is 1. The summed E-state index contributed by atoms with van der Waals surface area (Å²) in [6.07, 6.45) is 0. The Balaban J connectivity index is 3.24. The van der Waals surface area contributed by atoms with Crippen molar-refractivity contribution < 1.29 is 46.5 Å². The van der Waals surface area contributed by atoms with Crippen LogP contribution in [0, 0.1) is 3.57 Å². The molecular formula is C15H13F4IO6. The number of ether oxygens (including phenoxy) is 2. The third-order valence-electron chi connectivity index (χ3n) is 2.68. The minimum absolute atomic E-state index is 0.436. The van der Waals surface area contributed by atoms with Gasteiger partial charge in [0.05, 0.1) is 0 Å². The van der Waals surface area contributed by atoms with Gasteiger partial charge in [0.2, 0.25) is 0 Å². The Morgan fingerprint density at radius 3 is 2.04 bits per heavy atom. The zero-order valence-electron chi connectivity index (χ0n) is 13.6. The molecule has 0 aromatic heterocycles. The second-order valence-corrected chi connectivity index (χ2v) is 7.23. The van der Waals surface area contributed by atoms with Crippen molar-refractivity contribution in [3.63, 3.8) is 0 Å². The van der Waals surface area contributed by atoms with Crippen LogP contribution >= 0.6 is 22.6 Å². The summed E-state index contributed by atoms with van der Waals surface area (Å²) in [5.74, 6) is -19.2. The van der Waals surface area contributed by atoms with E-state index in [0.717, 1.165) is 12.1 Å². The number of benzene rings is 1. The Labute approximate surface area is 158 Å². The van der Waals surface area contributed by atoms with Crippen molar-refractivity contribution in [2.24, 2.45) is 0 Å². The van der Waals surface area contributed by atoms with Crippen LogP contribution < -0.4 is 4.74 Å². The maximum Gasteiger partial charge on any atom is 0.416 e. The molecule has 26 heavy (non-hydrogen) atoms. The van der Waals surface area contributed by atoms with Crippen LogP contribution in [0.25, 0.3) is 0 Å². The van der Waals surface area contributed by atoms with Gasteiger partial charge in [-0.05, 0) is 61.6 Å². The van der Waals surface area contributed by atoms with Crippen LogP contribution in [0.3, 0.4) is 0 Å². The van der Waals surface area contributed by atoms with E-state index in [-0.39, 0.29) is 0 Å². The minimum Gasteiger partial charge on any atom is -0.477 e. The Morgan fingerprint density at radius 1 is 1.04 bits per heavy atom. The molecule has 0 saturated heterocycles. The fourth-order valence-electron chi connectivity index (χ4n) is 1.51. The highest BCUT2D eigenvalue weighted by Gasteiger charge is 2.69. The second-order valence-electron chi connectivity index (χ2n) is 5.99. The van der Waals surface area contributed by atoms with Gasteiger partial charge in [0.15, 0.2) is 0 Å². The summed E-state index contributed by atoms with van der Waals surface area (Å²) in [5, 5.41) is 8.19. The highest BCUT2D eigenvalue weighted by Crippen LogP contribution is 2.36. The number of carbonyl (C=O) groups is 3. The van der Waals surface area contributed by atoms with Gasteiger partial charge < -0.3 is 14.6 Å². The number of carbonyl (C=O) groups excluding carboxylic acids is 2. The average molecular weight is 492 g/mol. The van der Waals surface area contributed by atoms with E-state index in [2.05, 4.69) is 4.74 Å². The third-order valence-corrected chi connectivity index (χ3v) is 3.35. The number of esters is 2. The van der Waals surface area contributed by atoms with Crippen molar-refractivity contribution in [1.29, 1.82) is 0 Å². The number of alkyl halides is 4. The fourth-order valence-corrected chi connectivity index (χ4v) is 2.00. The first-order valence-electron chi connectivity index (χ1n) is 6.84. The van der Waals surface area contributed by atoms with Crippen molar-refractivity contribution in [2.45, 2.75) is 38.2 Å². The van der Waals surface area contributed by atoms with Gasteiger partial charge >= 0.3 is 29.8 Å². The number of halogens is 5. The van der Waals surface area contributed by atoms with Crippen LogP contribution in [0.5, 0.6) is 5.75 Å². The van der Waals surface area contributed by atoms with Gasteiger partial charge in [0, 0.05) is 3.57 Å². The van der Waals surface area contributed by atoms with E-state index in [1.807, 2.05) is 0 Å². The lowest BCUT2D eigenvalue weighted by molar-refractivity contribution is -0.229. The summed E-state index contributed by atoms with van der Waals surface area (Å²) >= 11 is 1.77. The fraction of sp³-hybridized carbons (Fsp3) is 0.400. The molecule has 1 N–H and O–H groups in total. The highest BCUT2D eigenvalue weighted by molar-refractivity contribution is 14.1. The number of hydrogen-bond donors (Lipinski definition) is 1. The molecule has 0 unspecified atom stereocenters. The third kappa shape index (κ3) is 4.83. The molecule has 0 fully saturated rings. The number of hydrogen-bond acceptors (Lipinski definition) is 5. The highest BCUT2D eigenvalue weighted by atomic mass is 127. The van der Waals surface area contributed by atoms with Crippen LogP contribution in [-0.2, 0) is 14.3 Å². The molecule has 1 rings (SSSR count). The number of aliphatic carboxylic acids is 1. The second kappa shape index (κ2) is 7.37. The summed E-state index contributed by atoms with van der Waals surface area (Å²) in [4.78, 5) is 33.9.